The molecule has 1 unspecified atom stereocenters. The highest BCUT2D eigenvalue weighted by Crippen LogP contribution is 2.45. The van der Waals surface area contributed by atoms with E-state index < -0.39 is 22.2 Å². The molecule has 1 aromatic rings. The van der Waals surface area contributed by atoms with Gasteiger partial charge in [0.2, 0.25) is 10.0 Å². The van der Waals surface area contributed by atoms with Gasteiger partial charge in [0.05, 0.1) is 19.4 Å². The average molecular weight is 471 g/mol. The summed E-state index contributed by atoms with van der Waals surface area (Å²) in [5.41, 5.74) is 0.0503. The van der Waals surface area contributed by atoms with Crippen LogP contribution < -0.4 is 0 Å². The number of hydrogen-bond acceptors (Lipinski definition) is 6. The standard InChI is InChI=1S/C17H28N2O4S.C2HF3O2/c1-14-4-5-16(23-14)11-18-8-6-17(7-9-18)13-19(24(3,20)21)10-15(17)12-22-2;3-2(4,5)1(6)7/h4-5,15H,6-13H2,1-3H3;(H,6,7). The maximum Gasteiger partial charge on any atom is 0.490 e. The van der Waals surface area contributed by atoms with Crippen molar-refractivity contribution in [2.24, 2.45) is 11.3 Å². The lowest BCUT2D eigenvalue weighted by Crippen LogP contribution is -2.45. The highest BCUT2D eigenvalue weighted by Gasteiger charge is 2.50. The quantitative estimate of drug-likeness (QED) is 0.705. The van der Waals surface area contributed by atoms with Crippen LogP contribution in [0.1, 0.15) is 24.4 Å². The van der Waals surface area contributed by atoms with Crippen LogP contribution in [-0.2, 0) is 26.1 Å². The predicted octanol–water partition coefficient (Wildman–Crippen LogP) is 2.34. The van der Waals surface area contributed by atoms with Gasteiger partial charge in [-0.05, 0) is 50.4 Å². The summed E-state index contributed by atoms with van der Waals surface area (Å²) in [6.07, 6.45) is -1.76. The molecule has 2 aliphatic heterocycles. The Kier molecular flexibility index (Phi) is 8.17. The largest absolute Gasteiger partial charge is 0.490 e. The molecule has 178 valence electrons. The number of carboxylic acid groups (broad SMARTS) is 1. The number of furan rings is 1. The van der Waals surface area contributed by atoms with Crippen LogP contribution >= 0.6 is 0 Å². The summed E-state index contributed by atoms with van der Waals surface area (Å²) in [5, 5.41) is 7.12. The van der Waals surface area contributed by atoms with Gasteiger partial charge in [0.25, 0.3) is 0 Å². The van der Waals surface area contributed by atoms with E-state index in [1.54, 1.807) is 11.4 Å². The number of hydrogen-bond donors (Lipinski definition) is 1. The Morgan fingerprint density at radius 3 is 2.32 bits per heavy atom. The predicted molar refractivity (Wildman–Crippen MR) is 106 cm³/mol. The monoisotopic (exact) mass is 470 g/mol. The molecule has 2 aliphatic rings. The molecule has 3 rings (SSSR count). The number of sulfonamides is 1. The second-order valence-electron chi connectivity index (χ2n) is 8.16. The van der Waals surface area contributed by atoms with Gasteiger partial charge in [-0.25, -0.2) is 17.5 Å². The van der Waals surface area contributed by atoms with Crippen molar-refractivity contribution >= 4 is 16.0 Å². The van der Waals surface area contributed by atoms with Crippen molar-refractivity contribution in [3.63, 3.8) is 0 Å². The first kappa shape index (κ1) is 25.6. The minimum absolute atomic E-state index is 0.0503. The summed E-state index contributed by atoms with van der Waals surface area (Å²) in [4.78, 5) is 11.3. The molecule has 0 aliphatic carbocycles. The first-order chi connectivity index (χ1) is 14.3. The zero-order chi connectivity index (χ0) is 23.4. The second kappa shape index (κ2) is 9.88. The molecule has 2 fully saturated rings. The number of likely N-dealkylation sites (tertiary alicyclic amines) is 1. The Balaban J connectivity index is 0.000000423. The molecule has 31 heavy (non-hydrogen) atoms. The van der Waals surface area contributed by atoms with Gasteiger partial charge in [-0.1, -0.05) is 0 Å². The zero-order valence-electron chi connectivity index (χ0n) is 17.8. The number of piperidine rings is 1. The molecular weight excluding hydrogens is 441 g/mol. The summed E-state index contributed by atoms with van der Waals surface area (Å²) >= 11 is 0. The number of carbonyl (C=O) groups is 1. The minimum atomic E-state index is -5.08. The summed E-state index contributed by atoms with van der Waals surface area (Å²) in [6, 6.07) is 4.03. The summed E-state index contributed by atoms with van der Waals surface area (Å²) in [5.74, 6) is -0.531. The van der Waals surface area contributed by atoms with E-state index in [0.29, 0.717) is 19.7 Å². The minimum Gasteiger partial charge on any atom is -0.475 e. The van der Waals surface area contributed by atoms with Gasteiger partial charge < -0.3 is 14.3 Å². The third kappa shape index (κ3) is 6.93. The maximum absolute atomic E-state index is 12.0. The second-order valence-corrected chi connectivity index (χ2v) is 10.1. The lowest BCUT2D eigenvalue weighted by Gasteiger charge is -2.42. The summed E-state index contributed by atoms with van der Waals surface area (Å²) < 4.78 is 68.4. The van der Waals surface area contributed by atoms with E-state index in [2.05, 4.69) is 4.90 Å². The van der Waals surface area contributed by atoms with Gasteiger partial charge in [0.15, 0.2) is 0 Å². The van der Waals surface area contributed by atoms with Gasteiger partial charge in [-0.15, -0.1) is 0 Å². The highest BCUT2D eigenvalue weighted by molar-refractivity contribution is 7.88. The molecule has 3 heterocycles. The number of aryl methyl sites for hydroxylation is 1. The third-order valence-corrected chi connectivity index (χ3v) is 7.10. The topological polar surface area (TPSA) is 100 Å². The van der Waals surface area contributed by atoms with E-state index in [4.69, 9.17) is 19.1 Å². The number of aliphatic carboxylic acids is 1. The number of nitrogens with zero attached hydrogens (tertiary/aromatic N) is 2. The van der Waals surface area contributed by atoms with Crippen molar-refractivity contribution in [1.82, 2.24) is 9.21 Å². The summed E-state index contributed by atoms with van der Waals surface area (Å²) in [6.45, 7) is 6.58. The van der Waals surface area contributed by atoms with Gasteiger partial charge in [0.1, 0.15) is 11.5 Å². The van der Waals surface area contributed by atoms with E-state index in [0.717, 1.165) is 44.0 Å². The van der Waals surface area contributed by atoms with Crippen LogP contribution in [0.4, 0.5) is 13.2 Å². The SMILES string of the molecule is COCC1CN(S(C)(=O)=O)CC12CCN(Cc1ccc(C)o1)CC2.O=C(O)C(F)(F)F. The molecule has 1 N–H and O–H groups in total. The normalized spacial score (nSPS) is 22.3. The van der Waals surface area contributed by atoms with Crippen molar-refractivity contribution in [1.29, 1.82) is 0 Å². The van der Waals surface area contributed by atoms with Crippen LogP contribution in [0.5, 0.6) is 0 Å². The van der Waals surface area contributed by atoms with Crippen LogP contribution in [0.25, 0.3) is 0 Å². The van der Waals surface area contributed by atoms with Crippen molar-refractivity contribution in [3.05, 3.63) is 23.7 Å². The Morgan fingerprint density at radius 2 is 1.90 bits per heavy atom. The van der Waals surface area contributed by atoms with Gasteiger partial charge in [0, 0.05) is 26.1 Å². The van der Waals surface area contributed by atoms with Crippen molar-refractivity contribution in [3.8, 4) is 0 Å². The molecule has 12 heteroatoms. The molecule has 1 aromatic heterocycles. The number of ether oxygens (including phenoxy) is 1. The molecular formula is C19H29F3N2O6S. The number of rotatable bonds is 5. The molecule has 0 radical (unpaired) electrons. The van der Waals surface area contributed by atoms with Crippen LogP contribution in [0.2, 0.25) is 0 Å². The first-order valence-corrected chi connectivity index (χ1v) is 11.6. The van der Waals surface area contributed by atoms with Gasteiger partial charge in [-0.3, -0.25) is 4.90 Å². The fourth-order valence-corrected chi connectivity index (χ4v) is 5.12. The Morgan fingerprint density at radius 1 is 1.32 bits per heavy atom. The lowest BCUT2D eigenvalue weighted by atomic mass is 9.71. The Bertz CT molecular complexity index is 847. The van der Waals surface area contributed by atoms with Gasteiger partial charge in [-0.2, -0.15) is 13.2 Å². The van der Waals surface area contributed by atoms with Crippen LogP contribution in [0, 0.1) is 18.3 Å². The number of carboxylic acids is 1. The zero-order valence-corrected chi connectivity index (χ0v) is 18.6. The molecule has 0 bridgehead atoms. The maximum atomic E-state index is 12.0. The van der Waals surface area contributed by atoms with Crippen molar-refractivity contribution in [2.75, 3.05) is 46.2 Å². The molecule has 0 aromatic carbocycles. The van der Waals surface area contributed by atoms with Crippen LogP contribution in [0.3, 0.4) is 0 Å². The molecule has 0 saturated carbocycles. The molecule has 1 atom stereocenters. The smallest absolute Gasteiger partial charge is 0.475 e. The third-order valence-electron chi connectivity index (χ3n) is 5.89. The Hall–Kier alpha value is -1.63. The Labute approximate surface area is 180 Å². The number of alkyl halides is 3. The molecule has 8 nitrogen and oxygen atoms in total. The van der Waals surface area contributed by atoms with Crippen LogP contribution in [-0.4, -0.2) is 81.0 Å². The molecule has 2 saturated heterocycles. The first-order valence-electron chi connectivity index (χ1n) is 9.79. The fraction of sp³-hybridized carbons (Fsp3) is 0.737. The molecule has 1 spiro atoms. The van der Waals surface area contributed by atoms with E-state index in [-0.39, 0.29) is 11.3 Å². The van der Waals surface area contributed by atoms with E-state index in [1.807, 2.05) is 19.1 Å². The summed E-state index contributed by atoms with van der Waals surface area (Å²) in [7, 11) is -1.44. The van der Waals surface area contributed by atoms with Crippen LogP contribution in [0.15, 0.2) is 16.5 Å². The fourth-order valence-electron chi connectivity index (χ4n) is 4.18. The number of methoxy groups -OCH3 is 1. The van der Waals surface area contributed by atoms with E-state index in [1.165, 1.54) is 6.26 Å². The van der Waals surface area contributed by atoms with Crippen molar-refractivity contribution in [2.45, 2.75) is 32.5 Å². The van der Waals surface area contributed by atoms with E-state index >= 15 is 0 Å². The number of halogens is 3. The van der Waals surface area contributed by atoms with Crippen molar-refractivity contribution < 1.29 is 40.6 Å². The lowest BCUT2D eigenvalue weighted by molar-refractivity contribution is -0.192. The van der Waals surface area contributed by atoms with E-state index in [9.17, 15) is 21.6 Å². The average Bonchev–Trinajstić information content (AvgIpc) is 3.21. The highest BCUT2D eigenvalue weighted by atomic mass is 32.2. The van der Waals surface area contributed by atoms with Gasteiger partial charge >= 0.3 is 12.1 Å². The molecule has 0 amide bonds.